The van der Waals surface area contributed by atoms with Crippen LogP contribution < -0.4 is 9.47 Å². The summed E-state index contributed by atoms with van der Waals surface area (Å²) in [6, 6.07) is 19.8. The Morgan fingerprint density at radius 2 is 1.53 bits per heavy atom. The van der Waals surface area contributed by atoms with Crippen molar-refractivity contribution < 1.29 is 43.9 Å². The maximum Gasteiger partial charge on any atom is 0.239 e. The van der Waals surface area contributed by atoms with Gasteiger partial charge in [-0.3, -0.25) is 4.79 Å². The van der Waals surface area contributed by atoms with Gasteiger partial charge in [-0.1, -0.05) is 119 Å². The number of allylic oxidation sites excluding steroid dienone is 1. The monoisotopic (exact) mass is 939 g/mol. The lowest BCUT2D eigenvalue weighted by atomic mass is 9.55. The molecule has 3 aromatic carbocycles. The van der Waals surface area contributed by atoms with E-state index >= 15 is 4.79 Å². The van der Waals surface area contributed by atoms with Crippen LogP contribution in [0.3, 0.4) is 0 Å². The summed E-state index contributed by atoms with van der Waals surface area (Å²) in [5.74, 6) is 0.228. The number of carbonyl (C=O) groups is 1. The van der Waals surface area contributed by atoms with E-state index in [1.54, 1.807) is 6.08 Å². The number of fused-ring (bicyclic) bond motifs is 3. The Morgan fingerprint density at radius 3 is 2.24 bits per heavy atom. The molecule has 3 aromatic rings. The number of benzene rings is 3. The molecule has 374 valence electrons. The van der Waals surface area contributed by atoms with Crippen LogP contribution in [0.5, 0.6) is 17.2 Å². The van der Waals surface area contributed by atoms with Gasteiger partial charge in [0.1, 0.15) is 28.9 Å². The number of hydrogen-bond donors (Lipinski definition) is 3. The third kappa shape index (κ3) is 14.0. The summed E-state index contributed by atoms with van der Waals surface area (Å²) in [5, 5.41) is 37.0. The van der Waals surface area contributed by atoms with Crippen molar-refractivity contribution in [2.45, 2.75) is 160 Å². The van der Waals surface area contributed by atoms with Gasteiger partial charge in [0.25, 0.3) is 0 Å². The number of aliphatic hydroxyl groups excluding tert-OH is 3. The van der Waals surface area contributed by atoms with E-state index in [0.29, 0.717) is 37.2 Å². The minimum atomic E-state index is -1.38. The molecule has 6 atom stereocenters. The summed E-state index contributed by atoms with van der Waals surface area (Å²) in [6.45, 7) is 13.2. The molecule has 0 bridgehead atoms. The molecular weight excluding hydrogens is 857 g/mol. The fourth-order valence-electron chi connectivity index (χ4n) is 10.8. The summed E-state index contributed by atoms with van der Waals surface area (Å²) >= 11 is 0. The molecule has 3 N–H and O–H groups in total. The molecule has 2 aliphatic carbocycles. The molecule has 11 heteroatoms. The summed E-state index contributed by atoms with van der Waals surface area (Å²) in [4.78, 5) is 23.2. The second-order valence-electron chi connectivity index (χ2n) is 20.1. The van der Waals surface area contributed by atoms with Gasteiger partial charge >= 0.3 is 0 Å². The van der Waals surface area contributed by atoms with Gasteiger partial charge in [-0.15, -0.1) is 6.58 Å². The highest BCUT2D eigenvalue weighted by Gasteiger charge is 2.65. The topological polar surface area (TPSA) is 140 Å². The molecule has 0 spiro atoms. The fraction of sp³-hybridized carbons (Fsp3) is 0.614. The molecule has 1 amide bonds. The Kier molecular flexibility index (Phi) is 20.8. The predicted molar refractivity (Wildman–Crippen MR) is 271 cm³/mol. The maximum absolute atomic E-state index is 15.0. The molecule has 11 nitrogen and oxygen atoms in total. The van der Waals surface area contributed by atoms with E-state index in [4.69, 9.17) is 28.9 Å². The Labute approximate surface area is 406 Å². The lowest BCUT2D eigenvalue weighted by Gasteiger charge is -2.60. The zero-order valence-corrected chi connectivity index (χ0v) is 41.7. The average Bonchev–Trinajstić information content (AvgIpc) is 3.33. The number of ether oxygens (including phenoxy) is 4. The molecule has 1 aliphatic heterocycles. The average molecular weight is 939 g/mol. The van der Waals surface area contributed by atoms with Crippen LogP contribution in [0.2, 0.25) is 0 Å². The molecule has 0 aromatic heterocycles. The highest BCUT2D eigenvalue weighted by atomic mass is 16.7. The van der Waals surface area contributed by atoms with Crippen molar-refractivity contribution in [1.82, 2.24) is 4.90 Å². The Morgan fingerprint density at radius 1 is 0.838 bits per heavy atom. The van der Waals surface area contributed by atoms with E-state index in [0.717, 1.165) is 78.3 Å². The number of unbranched alkanes of at least 4 members (excludes halogenated alkanes) is 10. The number of amides is 1. The van der Waals surface area contributed by atoms with Crippen LogP contribution in [0.15, 0.2) is 90.1 Å². The zero-order valence-electron chi connectivity index (χ0n) is 41.7. The van der Waals surface area contributed by atoms with Gasteiger partial charge in [-0.05, 0) is 111 Å². The molecule has 1 heterocycles. The Balaban J connectivity index is 1.49. The second kappa shape index (κ2) is 26.6. The quantitative estimate of drug-likeness (QED) is 0.0339. The van der Waals surface area contributed by atoms with Crippen LogP contribution in [-0.4, -0.2) is 95.5 Å². The van der Waals surface area contributed by atoms with Crippen LogP contribution in [0.25, 0.3) is 10.8 Å². The van der Waals surface area contributed by atoms with Gasteiger partial charge in [0, 0.05) is 44.1 Å². The van der Waals surface area contributed by atoms with Crippen LogP contribution >= 0.6 is 0 Å². The minimum absolute atomic E-state index is 0.00194. The van der Waals surface area contributed by atoms with Crippen LogP contribution in [0, 0.1) is 17.8 Å². The Bertz CT molecular complexity index is 2100. The first-order chi connectivity index (χ1) is 33.1. The molecule has 0 radical (unpaired) electrons. The SMILES string of the molecule is C=CCO[C@@]12Oc3ccc(Oc4ccc5ccccc5c4)cc3[C@H]3[C@H](CCCCO)[C@@H](CCCCO)C=C(C(=NOC(C)(C)C)C[C@@H]1N(CCOCCO)C(=O)CCCCCCCCCCC)[C@H]32. The summed E-state index contributed by atoms with van der Waals surface area (Å²) < 4.78 is 27.3. The molecule has 1 fully saturated rings. The van der Waals surface area contributed by atoms with E-state index < -0.39 is 23.3 Å². The van der Waals surface area contributed by atoms with E-state index in [9.17, 15) is 15.3 Å². The Hall–Kier alpha value is -4.26. The molecule has 6 rings (SSSR count). The van der Waals surface area contributed by atoms with E-state index in [1.807, 2.05) is 56.0 Å². The van der Waals surface area contributed by atoms with Crippen molar-refractivity contribution >= 4 is 22.4 Å². The molecule has 3 aliphatic rings. The summed E-state index contributed by atoms with van der Waals surface area (Å²) in [5.41, 5.74) is 2.15. The van der Waals surface area contributed by atoms with Crippen molar-refractivity contribution in [3.05, 3.63) is 90.5 Å². The van der Waals surface area contributed by atoms with Crippen LogP contribution in [0.4, 0.5) is 0 Å². The van der Waals surface area contributed by atoms with Gasteiger partial charge in [0.2, 0.25) is 11.7 Å². The first kappa shape index (κ1) is 53.1. The molecular formula is C57H82N2O9. The molecule has 0 saturated heterocycles. The van der Waals surface area contributed by atoms with Crippen molar-refractivity contribution in [1.29, 1.82) is 0 Å². The molecule has 68 heavy (non-hydrogen) atoms. The van der Waals surface area contributed by atoms with Gasteiger partial charge in [0.05, 0.1) is 38.1 Å². The highest BCUT2D eigenvalue weighted by Crippen LogP contribution is 2.62. The van der Waals surface area contributed by atoms with Crippen LogP contribution in [0.1, 0.15) is 148 Å². The molecule has 0 unspecified atom stereocenters. The van der Waals surface area contributed by atoms with Gasteiger partial charge in [-0.2, -0.15) is 0 Å². The number of oxime groups is 1. The molecule has 1 saturated carbocycles. The summed E-state index contributed by atoms with van der Waals surface area (Å²) in [6.07, 6.45) is 19.8. The lowest BCUT2D eigenvalue weighted by molar-refractivity contribution is -0.258. The second-order valence-corrected chi connectivity index (χ2v) is 20.1. The van der Waals surface area contributed by atoms with Crippen molar-refractivity contribution in [2.24, 2.45) is 22.9 Å². The van der Waals surface area contributed by atoms with E-state index in [1.165, 1.54) is 38.5 Å². The largest absolute Gasteiger partial charge is 0.459 e. The van der Waals surface area contributed by atoms with Crippen LogP contribution in [-0.2, 0) is 19.1 Å². The van der Waals surface area contributed by atoms with Gasteiger partial charge < -0.3 is 44.0 Å². The number of rotatable bonds is 30. The van der Waals surface area contributed by atoms with Crippen molar-refractivity contribution in [3.63, 3.8) is 0 Å². The number of nitrogens with zero attached hydrogens (tertiary/aromatic N) is 2. The lowest BCUT2D eigenvalue weighted by Crippen LogP contribution is -2.70. The van der Waals surface area contributed by atoms with Gasteiger partial charge in [0.15, 0.2) is 0 Å². The van der Waals surface area contributed by atoms with E-state index in [2.05, 4.69) is 49.9 Å². The van der Waals surface area contributed by atoms with Crippen molar-refractivity contribution in [3.8, 4) is 17.2 Å². The normalized spacial score (nSPS) is 22.5. The van der Waals surface area contributed by atoms with E-state index in [-0.39, 0.29) is 69.8 Å². The van der Waals surface area contributed by atoms with Crippen molar-refractivity contribution in [2.75, 3.05) is 46.2 Å². The third-order valence-electron chi connectivity index (χ3n) is 13.9. The minimum Gasteiger partial charge on any atom is -0.459 e. The first-order valence-electron chi connectivity index (χ1n) is 26.0. The van der Waals surface area contributed by atoms with Gasteiger partial charge in [-0.25, -0.2) is 0 Å². The smallest absolute Gasteiger partial charge is 0.239 e. The number of aliphatic hydroxyl groups is 3. The number of carbonyl (C=O) groups excluding carboxylic acids is 1. The number of hydrogen-bond acceptors (Lipinski definition) is 10. The fourth-order valence-corrected chi connectivity index (χ4v) is 10.8. The first-order valence-corrected chi connectivity index (χ1v) is 26.0. The standard InChI is InChI=1S/C57H82N2O9/c1-6-8-9-10-11-12-13-14-15-26-53(63)59(31-36-64-37-34-62)52-41-50(58-68-56(3,4)5)48-39-44(24-18-20-32-60)47(25-19-21-33-61)54-49-40-46(66-45-28-27-42-22-16-17-23-43(42)38-45)29-30-51(49)67-57(52,55(48)54)65-35-7-2/h7,16-17,22-23,27-30,38-40,44,47,52,54-55,60-62H,2,6,8-15,18-21,24-26,31-37,41H2,1,3-5H3/t44-,47+,52-,54+,55+,57+/m0/s1. The maximum atomic E-state index is 15.0. The third-order valence-corrected chi connectivity index (χ3v) is 13.9. The summed E-state index contributed by atoms with van der Waals surface area (Å²) in [7, 11) is 0. The zero-order chi connectivity index (χ0) is 48.4. The highest BCUT2D eigenvalue weighted by molar-refractivity contribution is 6.03. The predicted octanol–water partition coefficient (Wildman–Crippen LogP) is 11.8.